The Kier molecular flexibility index (Phi) is 5.01. The largest absolute Gasteiger partial charge is 0.508 e. The molecule has 3 rings (SSSR count). The molecule has 1 aliphatic carbocycles. The fourth-order valence-corrected chi connectivity index (χ4v) is 3.82. The Hall–Kier alpha value is -1.10. The molecular formula is C18H27NO3. The molecule has 2 unspecified atom stereocenters. The van der Waals surface area contributed by atoms with Crippen LogP contribution in [-0.2, 0) is 4.74 Å². The number of aliphatic hydroxyl groups excluding tert-OH is 1. The smallest absolute Gasteiger partial charge is 0.119 e. The third kappa shape index (κ3) is 3.62. The molecular weight excluding hydrogens is 278 g/mol. The molecule has 1 aromatic carbocycles. The first-order valence-corrected chi connectivity index (χ1v) is 8.45. The van der Waals surface area contributed by atoms with Crippen LogP contribution in [0.15, 0.2) is 24.3 Å². The predicted molar refractivity (Wildman–Crippen MR) is 85.8 cm³/mol. The Bertz CT molecular complexity index is 485. The number of para-hydroxylation sites is 1. The summed E-state index contributed by atoms with van der Waals surface area (Å²) in [6.45, 7) is 3.51. The summed E-state index contributed by atoms with van der Waals surface area (Å²) in [5, 5.41) is 19.6. The van der Waals surface area contributed by atoms with Crippen molar-refractivity contribution < 1.29 is 14.9 Å². The van der Waals surface area contributed by atoms with Crippen LogP contribution in [0, 0.1) is 0 Å². The van der Waals surface area contributed by atoms with Crippen LogP contribution < -0.4 is 0 Å². The number of nitrogens with zero attached hydrogens (tertiary/aromatic N) is 1. The van der Waals surface area contributed by atoms with Gasteiger partial charge in [0.1, 0.15) is 5.75 Å². The van der Waals surface area contributed by atoms with E-state index in [2.05, 4.69) is 11.8 Å². The molecule has 2 atom stereocenters. The summed E-state index contributed by atoms with van der Waals surface area (Å²) in [6, 6.07) is 8.09. The first kappa shape index (κ1) is 15.8. The van der Waals surface area contributed by atoms with Gasteiger partial charge in [-0.2, -0.15) is 0 Å². The van der Waals surface area contributed by atoms with Gasteiger partial charge in [0.25, 0.3) is 0 Å². The molecule has 1 saturated heterocycles. The van der Waals surface area contributed by atoms with Crippen LogP contribution in [0.1, 0.15) is 50.5 Å². The van der Waals surface area contributed by atoms with Gasteiger partial charge in [-0.1, -0.05) is 18.2 Å². The number of aromatic hydroxyl groups is 1. The molecule has 1 saturated carbocycles. The number of β-amino-alcohol motifs (C(OH)–C–C–N with tert-alkyl or cyclic N) is 1. The summed E-state index contributed by atoms with van der Waals surface area (Å²) in [6.07, 6.45) is 5.19. The fraction of sp³-hybridized carbons (Fsp3) is 0.667. The van der Waals surface area contributed by atoms with Crippen LogP contribution in [0.2, 0.25) is 0 Å². The first-order valence-electron chi connectivity index (χ1n) is 8.45. The van der Waals surface area contributed by atoms with Gasteiger partial charge in [0.2, 0.25) is 0 Å². The highest BCUT2D eigenvalue weighted by Crippen LogP contribution is 2.37. The predicted octanol–water partition coefficient (Wildman–Crippen LogP) is 2.85. The summed E-state index contributed by atoms with van der Waals surface area (Å²) in [4.78, 5) is 2.22. The van der Waals surface area contributed by atoms with Gasteiger partial charge in [-0.3, -0.25) is 4.90 Å². The second kappa shape index (κ2) is 6.99. The molecule has 1 aromatic rings. The zero-order valence-electron chi connectivity index (χ0n) is 13.3. The molecule has 4 nitrogen and oxygen atoms in total. The summed E-state index contributed by atoms with van der Waals surface area (Å²) >= 11 is 0. The van der Waals surface area contributed by atoms with Crippen molar-refractivity contribution in [1.29, 1.82) is 0 Å². The Morgan fingerprint density at radius 3 is 2.55 bits per heavy atom. The monoisotopic (exact) mass is 305 g/mol. The second-order valence-electron chi connectivity index (χ2n) is 6.84. The lowest BCUT2D eigenvalue weighted by Crippen LogP contribution is -2.33. The standard InChI is InChI=1S/C18H27NO3/c1-13-10-15(20)11-19(13)12-22-16-8-6-14(7-9-16)17-4-2-3-5-18(17)21/h2-5,13-16,20-21H,6-12H2,1H3. The summed E-state index contributed by atoms with van der Waals surface area (Å²) in [7, 11) is 0. The summed E-state index contributed by atoms with van der Waals surface area (Å²) < 4.78 is 6.05. The number of benzene rings is 1. The topological polar surface area (TPSA) is 52.9 Å². The van der Waals surface area contributed by atoms with Crippen LogP contribution in [0.5, 0.6) is 5.75 Å². The van der Waals surface area contributed by atoms with Gasteiger partial charge in [0, 0.05) is 12.6 Å². The Balaban J connectivity index is 1.45. The number of hydrogen-bond acceptors (Lipinski definition) is 4. The molecule has 22 heavy (non-hydrogen) atoms. The lowest BCUT2D eigenvalue weighted by Gasteiger charge is -2.31. The average molecular weight is 305 g/mol. The fourth-order valence-electron chi connectivity index (χ4n) is 3.82. The molecule has 2 aliphatic rings. The maximum Gasteiger partial charge on any atom is 0.119 e. The van der Waals surface area contributed by atoms with E-state index >= 15 is 0 Å². The highest BCUT2D eigenvalue weighted by atomic mass is 16.5. The van der Waals surface area contributed by atoms with Gasteiger partial charge < -0.3 is 14.9 Å². The molecule has 2 N–H and O–H groups in total. The number of ether oxygens (including phenoxy) is 1. The van der Waals surface area contributed by atoms with E-state index in [0.717, 1.165) is 44.2 Å². The quantitative estimate of drug-likeness (QED) is 0.898. The Labute approximate surface area is 132 Å². The average Bonchev–Trinajstić information content (AvgIpc) is 2.84. The van der Waals surface area contributed by atoms with Crippen molar-refractivity contribution in [2.24, 2.45) is 0 Å². The van der Waals surface area contributed by atoms with E-state index in [-0.39, 0.29) is 6.10 Å². The number of rotatable bonds is 4. The number of aliphatic hydroxyl groups is 1. The summed E-state index contributed by atoms with van der Waals surface area (Å²) in [5.74, 6) is 0.875. The minimum Gasteiger partial charge on any atom is -0.508 e. The molecule has 4 heteroatoms. The van der Waals surface area contributed by atoms with Crippen LogP contribution in [0.3, 0.4) is 0 Å². The number of phenolic OH excluding ortho intramolecular Hbond substituents is 1. The third-order valence-electron chi connectivity index (χ3n) is 5.21. The lowest BCUT2D eigenvalue weighted by atomic mass is 9.82. The van der Waals surface area contributed by atoms with Crippen LogP contribution in [0.25, 0.3) is 0 Å². The molecule has 0 bridgehead atoms. The van der Waals surface area contributed by atoms with E-state index in [1.807, 2.05) is 18.2 Å². The molecule has 2 fully saturated rings. The lowest BCUT2D eigenvalue weighted by molar-refractivity contribution is -0.0438. The van der Waals surface area contributed by atoms with E-state index < -0.39 is 0 Å². The highest BCUT2D eigenvalue weighted by molar-refractivity contribution is 5.35. The first-order chi connectivity index (χ1) is 10.6. The van der Waals surface area contributed by atoms with E-state index in [9.17, 15) is 10.2 Å². The van der Waals surface area contributed by atoms with Crippen LogP contribution >= 0.6 is 0 Å². The van der Waals surface area contributed by atoms with Crippen molar-refractivity contribution >= 4 is 0 Å². The zero-order chi connectivity index (χ0) is 15.5. The SMILES string of the molecule is CC1CC(O)CN1COC1CCC(c2ccccc2O)CC1. The molecule has 1 aliphatic heterocycles. The second-order valence-corrected chi connectivity index (χ2v) is 6.84. The van der Waals surface area contributed by atoms with Gasteiger partial charge in [-0.25, -0.2) is 0 Å². The molecule has 0 aromatic heterocycles. The maximum atomic E-state index is 9.97. The Morgan fingerprint density at radius 1 is 1.18 bits per heavy atom. The van der Waals surface area contributed by atoms with E-state index in [1.165, 1.54) is 0 Å². The Morgan fingerprint density at radius 2 is 1.91 bits per heavy atom. The molecule has 0 spiro atoms. The molecule has 1 heterocycles. The minimum atomic E-state index is -0.199. The normalized spacial score (nSPS) is 33.2. The van der Waals surface area contributed by atoms with Gasteiger partial charge >= 0.3 is 0 Å². The van der Waals surface area contributed by atoms with E-state index in [0.29, 0.717) is 30.5 Å². The number of likely N-dealkylation sites (tertiary alicyclic amines) is 1. The van der Waals surface area contributed by atoms with Crippen molar-refractivity contribution in [3.8, 4) is 5.75 Å². The van der Waals surface area contributed by atoms with Crippen molar-refractivity contribution in [2.45, 2.75) is 63.2 Å². The van der Waals surface area contributed by atoms with Gasteiger partial charge in [0.15, 0.2) is 0 Å². The van der Waals surface area contributed by atoms with Crippen molar-refractivity contribution in [3.05, 3.63) is 29.8 Å². The molecule has 0 amide bonds. The van der Waals surface area contributed by atoms with E-state index in [4.69, 9.17) is 4.74 Å². The van der Waals surface area contributed by atoms with Crippen molar-refractivity contribution in [3.63, 3.8) is 0 Å². The van der Waals surface area contributed by atoms with E-state index in [1.54, 1.807) is 6.07 Å². The van der Waals surface area contributed by atoms with Crippen LogP contribution in [-0.4, -0.2) is 46.6 Å². The minimum absolute atomic E-state index is 0.199. The molecule has 122 valence electrons. The number of phenols is 1. The third-order valence-corrected chi connectivity index (χ3v) is 5.21. The van der Waals surface area contributed by atoms with Crippen molar-refractivity contribution in [2.75, 3.05) is 13.3 Å². The molecule has 0 radical (unpaired) electrons. The highest BCUT2D eigenvalue weighted by Gasteiger charge is 2.29. The van der Waals surface area contributed by atoms with Gasteiger partial charge in [0.05, 0.1) is 18.9 Å². The van der Waals surface area contributed by atoms with Crippen molar-refractivity contribution in [1.82, 2.24) is 4.90 Å². The summed E-state index contributed by atoms with van der Waals surface area (Å²) in [5.41, 5.74) is 1.08. The maximum absolute atomic E-state index is 9.97. The zero-order valence-corrected chi connectivity index (χ0v) is 13.3. The van der Waals surface area contributed by atoms with Crippen LogP contribution in [0.4, 0.5) is 0 Å². The number of hydrogen-bond donors (Lipinski definition) is 2. The van der Waals surface area contributed by atoms with Gasteiger partial charge in [-0.05, 0) is 56.6 Å². The van der Waals surface area contributed by atoms with Gasteiger partial charge in [-0.15, -0.1) is 0 Å².